The summed E-state index contributed by atoms with van der Waals surface area (Å²) in [7, 11) is 1.55. The Bertz CT molecular complexity index is 1110. The van der Waals surface area contributed by atoms with Gasteiger partial charge in [-0.15, -0.1) is 0 Å². The highest BCUT2D eigenvalue weighted by atomic mass is 16.5. The summed E-state index contributed by atoms with van der Waals surface area (Å²) in [6.07, 6.45) is 0. The molecule has 130 valence electrons. The van der Waals surface area contributed by atoms with Crippen molar-refractivity contribution in [3.63, 3.8) is 0 Å². The Kier molecular flexibility index (Phi) is 4.26. The highest BCUT2D eigenvalue weighted by molar-refractivity contribution is 5.89. The van der Waals surface area contributed by atoms with Crippen LogP contribution in [0.4, 0.5) is 0 Å². The van der Waals surface area contributed by atoms with Crippen molar-refractivity contribution in [1.82, 2.24) is 19.1 Å². The van der Waals surface area contributed by atoms with Gasteiger partial charge in [0.1, 0.15) is 11.1 Å². The second-order valence-electron chi connectivity index (χ2n) is 5.42. The summed E-state index contributed by atoms with van der Waals surface area (Å²) in [5, 5.41) is 0.216. The van der Waals surface area contributed by atoms with Crippen LogP contribution in [0.5, 0.6) is 5.75 Å². The van der Waals surface area contributed by atoms with Crippen molar-refractivity contribution in [3.8, 4) is 17.0 Å². The first-order chi connectivity index (χ1) is 12.0. The lowest BCUT2D eigenvalue weighted by molar-refractivity contribution is 0.415. The largest absolute Gasteiger partial charge is 0.497 e. The summed E-state index contributed by atoms with van der Waals surface area (Å²) >= 11 is 0. The quantitative estimate of drug-likeness (QED) is 0.761. The topological polar surface area (TPSA) is 99.0 Å². The van der Waals surface area contributed by atoms with E-state index in [4.69, 9.17) is 4.74 Å². The third-order valence-electron chi connectivity index (χ3n) is 4.10. The second kappa shape index (κ2) is 6.39. The SMILES string of the molecule is CCn1c(=O)c2c(-c3ccc(OC)cc3)[nH]c(=O)nc2n(CC)c1=O. The van der Waals surface area contributed by atoms with Gasteiger partial charge in [0, 0.05) is 13.1 Å². The van der Waals surface area contributed by atoms with Gasteiger partial charge in [-0.2, -0.15) is 4.98 Å². The lowest BCUT2D eigenvalue weighted by atomic mass is 10.1. The lowest BCUT2D eigenvalue weighted by Gasteiger charge is -2.13. The van der Waals surface area contributed by atoms with Gasteiger partial charge in [0.05, 0.1) is 12.8 Å². The van der Waals surface area contributed by atoms with Gasteiger partial charge in [-0.1, -0.05) is 0 Å². The number of aryl methyl sites for hydroxylation is 1. The molecule has 0 saturated carbocycles. The van der Waals surface area contributed by atoms with E-state index >= 15 is 0 Å². The van der Waals surface area contributed by atoms with E-state index in [1.165, 1.54) is 4.57 Å². The maximum Gasteiger partial charge on any atom is 0.347 e. The number of rotatable bonds is 4. The molecule has 0 amide bonds. The minimum Gasteiger partial charge on any atom is -0.497 e. The summed E-state index contributed by atoms with van der Waals surface area (Å²) in [5.74, 6) is 0.654. The number of hydrogen-bond donors (Lipinski definition) is 1. The van der Waals surface area contributed by atoms with E-state index in [1.807, 2.05) is 0 Å². The third-order valence-corrected chi connectivity index (χ3v) is 4.10. The van der Waals surface area contributed by atoms with E-state index in [0.717, 1.165) is 4.57 Å². The molecule has 1 N–H and O–H groups in total. The van der Waals surface area contributed by atoms with E-state index in [0.29, 0.717) is 23.6 Å². The normalized spacial score (nSPS) is 11.0. The van der Waals surface area contributed by atoms with Crippen molar-refractivity contribution >= 4 is 11.0 Å². The average molecular weight is 342 g/mol. The van der Waals surface area contributed by atoms with E-state index in [1.54, 1.807) is 45.2 Å². The molecule has 2 heterocycles. The first kappa shape index (κ1) is 16.7. The summed E-state index contributed by atoms with van der Waals surface area (Å²) < 4.78 is 7.61. The summed E-state index contributed by atoms with van der Waals surface area (Å²) in [6.45, 7) is 4.02. The molecule has 0 aliphatic rings. The van der Waals surface area contributed by atoms with Gasteiger partial charge < -0.3 is 9.72 Å². The number of nitrogens with one attached hydrogen (secondary N) is 1. The molecule has 25 heavy (non-hydrogen) atoms. The number of aromatic nitrogens is 4. The van der Waals surface area contributed by atoms with Crippen molar-refractivity contribution in [2.24, 2.45) is 0 Å². The Balaban J connectivity index is 2.49. The molecule has 1 aromatic carbocycles. The second-order valence-corrected chi connectivity index (χ2v) is 5.42. The predicted octanol–water partition coefficient (Wildman–Crippen LogP) is 0.962. The third kappa shape index (κ3) is 2.65. The van der Waals surface area contributed by atoms with Gasteiger partial charge in [-0.25, -0.2) is 9.59 Å². The first-order valence-electron chi connectivity index (χ1n) is 7.93. The molecule has 8 nitrogen and oxygen atoms in total. The van der Waals surface area contributed by atoms with Crippen molar-refractivity contribution in [1.29, 1.82) is 0 Å². The molecule has 0 fully saturated rings. The molecule has 0 unspecified atom stereocenters. The molecule has 0 bridgehead atoms. The molecular weight excluding hydrogens is 324 g/mol. The van der Waals surface area contributed by atoms with Gasteiger partial charge in [0.25, 0.3) is 5.56 Å². The first-order valence-corrected chi connectivity index (χ1v) is 7.93. The van der Waals surface area contributed by atoms with E-state index in [2.05, 4.69) is 9.97 Å². The smallest absolute Gasteiger partial charge is 0.347 e. The number of methoxy groups -OCH3 is 1. The van der Waals surface area contributed by atoms with Crippen LogP contribution in [0.2, 0.25) is 0 Å². The minimum absolute atomic E-state index is 0.0942. The van der Waals surface area contributed by atoms with Gasteiger partial charge in [-0.3, -0.25) is 13.9 Å². The Morgan fingerprint density at radius 3 is 2.24 bits per heavy atom. The van der Waals surface area contributed by atoms with Crippen LogP contribution >= 0.6 is 0 Å². The number of H-pyrrole nitrogens is 1. The van der Waals surface area contributed by atoms with Crippen LogP contribution in [0.1, 0.15) is 13.8 Å². The zero-order valence-corrected chi connectivity index (χ0v) is 14.2. The highest BCUT2D eigenvalue weighted by Crippen LogP contribution is 2.23. The van der Waals surface area contributed by atoms with Crippen molar-refractivity contribution < 1.29 is 4.74 Å². The number of nitrogens with zero attached hydrogens (tertiary/aromatic N) is 3. The molecule has 0 saturated heterocycles. The van der Waals surface area contributed by atoms with E-state index in [9.17, 15) is 14.4 Å². The van der Waals surface area contributed by atoms with Crippen LogP contribution in [0.15, 0.2) is 38.6 Å². The molecule has 0 spiro atoms. The van der Waals surface area contributed by atoms with Crippen LogP contribution in [0, 0.1) is 0 Å². The van der Waals surface area contributed by atoms with Gasteiger partial charge >= 0.3 is 11.4 Å². The van der Waals surface area contributed by atoms with Gasteiger partial charge in [0.15, 0.2) is 5.65 Å². The van der Waals surface area contributed by atoms with Gasteiger partial charge in [0.2, 0.25) is 0 Å². The number of aromatic amines is 1. The average Bonchev–Trinajstić information content (AvgIpc) is 2.61. The lowest BCUT2D eigenvalue weighted by Crippen LogP contribution is -2.41. The molecule has 0 aliphatic heterocycles. The van der Waals surface area contributed by atoms with Crippen molar-refractivity contribution in [2.45, 2.75) is 26.9 Å². The summed E-state index contributed by atoms with van der Waals surface area (Å²) in [5.41, 5.74) is -0.494. The fourth-order valence-corrected chi connectivity index (χ4v) is 2.86. The molecule has 2 aromatic heterocycles. The molecule has 0 aliphatic carbocycles. The summed E-state index contributed by atoms with van der Waals surface area (Å²) in [4.78, 5) is 43.8. The van der Waals surface area contributed by atoms with Crippen LogP contribution < -0.4 is 21.7 Å². The van der Waals surface area contributed by atoms with Crippen molar-refractivity contribution in [2.75, 3.05) is 7.11 Å². The minimum atomic E-state index is -0.617. The predicted molar refractivity (Wildman–Crippen MR) is 94.2 cm³/mol. The zero-order chi connectivity index (χ0) is 18.1. The fraction of sp³-hybridized carbons (Fsp3) is 0.294. The maximum atomic E-state index is 12.8. The van der Waals surface area contributed by atoms with Gasteiger partial charge in [-0.05, 0) is 43.7 Å². The Labute approximate surface area is 142 Å². The molecular formula is C17H18N4O4. The number of benzene rings is 1. The molecule has 0 atom stereocenters. The number of fused-ring (bicyclic) bond motifs is 1. The highest BCUT2D eigenvalue weighted by Gasteiger charge is 2.18. The van der Waals surface area contributed by atoms with E-state index < -0.39 is 16.9 Å². The zero-order valence-electron chi connectivity index (χ0n) is 14.2. The van der Waals surface area contributed by atoms with E-state index in [-0.39, 0.29) is 17.6 Å². The van der Waals surface area contributed by atoms with Crippen LogP contribution in [0.3, 0.4) is 0 Å². The van der Waals surface area contributed by atoms with Crippen LogP contribution in [0.25, 0.3) is 22.3 Å². The molecule has 3 aromatic rings. The Morgan fingerprint density at radius 2 is 1.68 bits per heavy atom. The fourth-order valence-electron chi connectivity index (χ4n) is 2.86. The van der Waals surface area contributed by atoms with Crippen molar-refractivity contribution in [3.05, 3.63) is 55.6 Å². The number of ether oxygens (including phenoxy) is 1. The Hall–Kier alpha value is -3.16. The Morgan fingerprint density at radius 1 is 1.04 bits per heavy atom. The summed E-state index contributed by atoms with van der Waals surface area (Å²) in [6, 6.07) is 6.93. The molecule has 3 rings (SSSR count). The number of hydrogen-bond acceptors (Lipinski definition) is 5. The van der Waals surface area contributed by atoms with Crippen LogP contribution in [-0.4, -0.2) is 26.2 Å². The maximum absolute atomic E-state index is 12.8. The molecule has 0 radical (unpaired) electrons. The monoisotopic (exact) mass is 342 g/mol. The standard InChI is InChI=1S/C17H18N4O4/c1-4-20-14-12(15(22)21(5-2)17(20)24)13(18-16(23)19-14)10-6-8-11(25-3)9-7-10/h6-9H,4-5H2,1-3H3,(H,18,19,23). The van der Waals surface area contributed by atoms with Crippen LogP contribution in [-0.2, 0) is 13.1 Å². The molecule has 8 heteroatoms.